The molecule has 0 aliphatic carbocycles. The first kappa shape index (κ1) is 16.5. The zero-order valence-corrected chi connectivity index (χ0v) is 14.5. The zero-order valence-electron chi connectivity index (χ0n) is 13.5. The van der Waals surface area contributed by atoms with E-state index < -0.39 is 8.07 Å². The van der Waals surface area contributed by atoms with E-state index in [9.17, 15) is 4.79 Å². The molecule has 1 aliphatic heterocycles. The Morgan fingerprint density at radius 2 is 1.84 bits per heavy atom. The minimum absolute atomic E-state index is 0.652. The summed E-state index contributed by atoms with van der Waals surface area (Å²) in [5.41, 5.74) is 3.68. The van der Waals surface area contributed by atoms with Crippen LogP contribution in [-0.2, 0) is 4.79 Å². The summed E-state index contributed by atoms with van der Waals surface area (Å²) >= 11 is 0. The second-order valence-corrected chi connectivity index (χ2v) is 12.1. The predicted molar refractivity (Wildman–Crippen MR) is 86.0 cm³/mol. The lowest BCUT2D eigenvalue weighted by Gasteiger charge is -2.14. The van der Waals surface area contributed by atoms with Crippen LogP contribution in [0.3, 0.4) is 0 Å². The minimum atomic E-state index is -1.18. The van der Waals surface area contributed by atoms with E-state index in [1.54, 1.807) is 5.70 Å². The third-order valence-electron chi connectivity index (χ3n) is 3.91. The van der Waals surface area contributed by atoms with E-state index in [0.29, 0.717) is 12.1 Å². The van der Waals surface area contributed by atoms with E-state index in [1.165, 1.54) is 37.8 Å². The lowest BCUT2D eigenvalue weighted by atomic mass is 10.1. The standard InChI is InChI=1S/C16H31NOSi/c1-6-8-10-14(11-13-18)15-16(19(3,4)5)17(15)12-9-7-2/h13,16H,6-12H2,1-5H3/b15-14-. The fraction of sp³-hybridized carbons (Fsp3) is 0.812. The van der Waals surface area contributed by atoms with Crippen LogP contribution < -0.4 is 0 Å². The smallest absolute Gasteiger partial charge is 0.124 e. The molecule has 110 valence electrons. The summed E-state index contributed by atoms with van der Waals surface area (Å²) in [7, 11) is -1.18. The molecule has 1 saturated heterocycles. The summed E-state index contributed by atoms with van der Waals surface area (Å²) in [6.45, 7) is 13.0. The monoisotopic (exact) mass is 281 g/mol. The fourth-order valence-electron chi connectivity index (χ4n) is 2.91. The van der Waals surface area contributed by atoms with Gasteiger partial charge in [-0.3, -0.25) is 0 Å². The van der Waals surface area contributed by atoms with Gasteiger partial charge in [0.2, 0.25) is 0 Å². The first-order valence-corrected chi connectivity index (χ1v) is 11.5. The molecule has 1 atom stereocenters. The van der Waals surface area contributed by atoms with Gasteiger partial charge in [-0.05, 0) is 24.8 Å². The Morgan fingerprint density at radius 3 is 2.32 bits per heavy atom. The van der Waals surface area contributed by atoms with Gasteiger partial charge in [-0.25, -0.2) is 0 Å². The molecular weight excluding hydrogens is 250 g/mol. The van der Waals surface area contributed by atoms with Crippen molar-refractivity contribution in [2.45, 2.75) is 77.7 Å². The molecule has 1 rings (SSSR count). The SMILES string of the molecule is CCCC/C(CC=O)=C1\C([Si](C)(C)C)N1CCCC. The van der Waals surface area contributed by atoms with E-state index in [2.05, 4.69) is 38.4 Å². The number of carbonyl (C=O) groups is 1. The zero-order chi connectivity index (χ0) is 14.5. The second-order valence-electron chi connectivity index (χ2n) is 6.78. The molecule has 0 radical (unpaired) electrons. The van der Waals surface area contributed by atoms with Gasteiger partial charge >= 0.3 is 0 Å². The van der Waals surface area contributed by atoms with Crippen molar-refractivity contribution in [1.82, 2.24) is 4.90 Å². The number of allylic oxidation sites excluding steroid dienone is 1. The first-order chi connectivity index (χ1) is 8.97. The Hall–Kier alpha value is -0.573. The van der Waals surface area contributed by atoms with Gasteiger partial charge in [-0.15, -0.1) is 0 Å². The number of aldehydes is 1. The Balaban J connectivity index is 2.86. The molecule has 0 bridgehead atoms. The van der Waals surface area contributed by atoms with Crippen LogP contribution in [0.5, 0.6) is 0 Å². The molecule has 19 heavy (non-hydrogen) atoms. The summed E-state index contributed by atoms with van der Waals surface area (Å²) in [5.74, 6) is 0. The van der Waals surface area contributed by atoms with Gasteiger partial charge < -0.3 is 9.69 Å². The fourth-order valence-corrected chi connectivity index (χ4v) is 5.23. The number of nitrogens with zero attached hydrogens (tertiary/aromatic N) is 1. The topological polar surface area (TPSA) is 20.1 Å². The normalized spacial score (nSPS) is 21.5. The van der Waals surface area contributed by atoms with E-state index >= 15 is 0 Å². The molecule has 0 amide bonds. The van der Waals surface area contributed by atoms with Crippen LogP contribution in [0.15, 0.2) is 11.3 Å². The van der Waals surface area contributed by atoms with Crippen molar-refractivity contribution >= 4 is 14.4 Å². The Bertz CT molecular complexity index is 330. The molecule has 1 aliphatic rings. The van der Waals surface area contributed by atoms with Crippen molar-refractivity contribution in [3.63, 3.8) is 0 Å². The molecule has 0 aromatic heterocycles. The molecule has 0 N–H and O–H groups in total. The van der Waals surface area contributed by atoms with Crippen LogP contribution in [0.25, 0.3) is 0 Å². The van der Waals surface area contributed by atoms with Gasteiger partial charge in [-0.2, -0.15) is 0 Å². The van der Waals surface area contributed by atoms with Crippen molar-refractivity contribution in [1.29, 1.82) is 0 Å². The largest absolute Gasteiger partial charge is 0.368 e. The number of hydrogen-bond donors (Lipinski definition) is 0. The maximum absolute atomic E-state index is 10.9. The van der Waals surface area contributed by atoms with Gasteiger partial charge in [0.15, 0.2) is 0 Å². The highest BCUT2D eigenvalue weighted by atomic mass is 28.3. The average molecular weight is 282 g/mol. The number of hydrogen-bond acceptors (Lipinski definition) is 2. The van der Waals surface area contributed by atoms with Crippen molar-refractivity contribution in [2.75, 3.05) is 6.54 Å². The summed E-state index contributed by atoms with van der Waals surface area (Å²) in [6.07, 6.45) is 7.81. The molecule has 0 saturated carbocycles. The minimum Gasteiger partial charge on any atom is -0.368 e. The Labute approximate surface area is 120 Å². The molecule has 1 heterocycles. The third-order valence-corrected chi connectivity index (χ3v) is 6.14. The molecule has 2 nitrogen and oxygen atoms in total. The van der Waals surface area contributed by atoms with Gasteiger partial charge in [0, 0.05) is 18.7 Å². The molecule has 1 fully saturated rings. The highest BCUT2D eigenvalue weighted by Gasteiger charge is 2.49. The van der Waals surface area contributed by atoms with Gasteiger partial charge in [0.25, 0.3) is 0 Å². The predicted octanol–water partition coefficient (Wildman–Crippen LogP) is 4.38. The van der Waals surface area contributed by atoms with Crippen LogP contribution >= 0.6 is 0 Å². The van der Waals surface area contributed by atoms with E-state index in [4.69, 9.17) is 0 Å². The average Bonchev–Trinajstić information content (AvgIpc) is 3.06. The summed E-state index contributed by atoms with van der Waals surface area (Å²) in [6, 6.07) is 0. The summed E-state index contributed by atoms with van der Waals surface area (Å²) in [4.78, 5) is 13.5. The van der Waals surface area contributed by atoms with Crippen LogP contribution in [0.1, 0.15) is 52.4 Å². The highest BCUT2D eigenvalue weighted by molar-refractivity contribution is 6.79. The van der Waals surface area contributed by atoms with Gasteiger partial charge in [-0.1, -0.05) is 46.3 Å². The van der Waals surface area contributed by atoms with Crippen molar-refractivity contribution in [3.05, 3.63) is 11.3 Å². The summed E-state index contributed by atoms with van der Waals surface area (Å²) < 4.78 is 0. The highest BCUT2D eigenvalue weighted by Crippen LogP contribution is 2.43. The molecule has 0 aromatic carbocycles. The summed E-state index contributed by atoms with van der Waals surface area (Å²) in [5, 5.41) is 0. The van der Waals surface area contributed by atoms with Gasteiger partial charge in [0.05, 0.1) is 13.7 Å². The lowest BCUT2D eigenvalue weighted by Crippen LogP contribution is -2.32. The third kappa shape index (κ3) is 4.48. The van der Waals surface area contributed by atoms with Crippen LogP contribution in [0.2, 0.25) is 19.6 Å². The maximum atomic E-state index is 10.9. The van der Waals surface area contributed by atoms with Crippen LogP contribution in [-0.4, -0.2) is 31.5 Å². The number of unbranched alkanes of at least 4 members (excludes halogenated alkanes) is 2. The molecule has 3 heteroatoms. The van der Waals surface area contributed by atoms with Crippen LogP contribution in [0.4, 0.5) is 0 Å². The Kier molecular flexibility index (Phi) is 6.31. The van der Waals surface area contributed by atoms with E-state index in [0.717, 1.165) is 12.7 Å². The second kappa shape index (κ2) is 7.27. The molecule has 0 spiro atoms. The Morgan fingerprint density at radius 1 is 1.21 bits per heavy atom. The molecule has 0 aromatic rings. The van der Waals surface area contributed by atoms with Crippen LogP contribution in [0, 0.1) is 0 Å². The van der Waals surface area contributed by atoms with Crippen molar-refractivity contribution in [2.24, 2.45) is 0 Å². The van der Waals surface area contributed by atoms with E-state index in [1.807, 2.05) is 0 Å². The van der Waals surface area contributed by atoms with Gasteiger partial charge in [0.1, 0.15) is 6.29 Å². The first-order valence-electron chi connectivity index (χ1n) is 7.89. The number of rotatable bonds is 9. The van der Waals surface area contributed by atoms with Crippen molar-refractivity contribution < 1.29 is 4.79 Å². The number of carbonyl (C=O) groups excluding carboxylic acids is 1. The quantitative estimate of drug-likeness (QED) is 0.355. The van der Waals surface area contributed by atoms with E-state index in [-0.39, 0.29) is 0 Å². The maximum Gasteiger partial charge on any atom is 0.124 e. The molecular formula is C16H31NOSi. The van der Waals surface area contributed by atoms with Crippen molar-refractivity contribution in [3.8, 4) is 0 Å². The molecule has 1 unspecified atom stereocenters. The lowest BCUT2D eigenvalue weighted by molar-refractivity contribution is -0.107.